The molecule has 0 radical (unpaired) electrons. The molecule has 0 aliphatic carbocycles. The van der Waals surface area contributed by atoms with Crippen molar-refractivity contribution in [2.75, 3.05) is 7.11 Å². The van der Waals surface area contributed by atoms with Crippen LogP contribution in [0.15, 0.2) is 75.4 Å². The molecule has 3 aromatic carbocycles. The second-order valence-electron chi connectivity index (χ2n) is 7.44. The van der Waals surface area contributed by atoms with Crippen LogP contribution in [0.25, 0.3) is 0 Å². The van der Waals surface area contributed by atoms with Crippen molar-refractivity contribution in [1.29, 1.82) is 0 Å². The molecule has 0 amide bonds. The third kappa shape index (κ3) is 6.79. The van der Waals surface area contributed by atoms with Crippen molar-refractivity contribution in [3.05, 3.63) is 97.7 Å². The molecular weight excluding hydrogens is 571 g/mol. The van der Waals surface area contributed by atoms with E-state index < -0.39 is 0 Å². The molecule has 0 aliphatic rings. The Balaban J connectivity index is 1.45. The van der Waals surface area contributed by atoms with Gasteiger partial charge < -0.3 is 9.47 Å². The average molecular weight is 592 g/mol. The van der Waals surface area contributed by atoms with Gasteiger partial charge in [-0.25, -0.2) is 0 Å². The van der Waals surface area contributed by atoms with E-state index in [-0.39, 0.29) is 0 Å². The lowest BCUT2D eigenvalue weighted by Crippen LogP contribution is -1.99. The van der Waals surface area contributed by atoms with E-state index in [9.17, 15) is 0 Å². The van der Waals surface area contributed by atoms with Crippen molar-refractivity contribution in [1.82, 2.24) is 14.9 Å². The van der Waals surface area contributed by atoms with Gasteiger partial charge in [-0.1, -0.05) is 69.1 Å². The largest absolute Gasteiger partial charge is 0.493 e. The van der Waals surface area contributed by atoms with Crippen LogP contribution >= 0.6 is 50.9 Å². The number of hydrogen-bond acceptors (Lipinski definition) is 6. The Labute approximate surface area is 226 Å². The van der Waals surface area contributed by atoms with E-state index >= 15 is 0 Å². The summed E-state index contributed by atoms with van der Waals surface area (Å²) in [7, 11) is 1.61. The summed E-state index contributed by atoms with van der Waals surface area (Å²) in [6.45, 7) is 2.29. The SMILES string of the molecule is COc1cc(/C=N/n2c(C)nnc2SCc2ccc(Cl)cc2Cl)ccc1OCc1ccc(Br)cc1. The Morgan fingerprint density at radius 1 is 1.03 bits per heavy atom. The molecule has 4 rings (SSSR count). The van der Waals surface area contributed by atoms with Crippen LogP contribution in [0.4, 0.5) is 0 Å². The molecule has 0 atom stereocenters. The zero-order valence-corrected chi connectivity index (χ0v) is 22.8. The van der Waals surface area contributed by atoms with E-state index in [1.54, 1.807) is 24.1 Å². The second-order valence-corrected chi connectivity index (χ2v) is 10.1. The highest BCUT2D eigenvalue weighted by Gasteiger charge is 2.11. The van der Waals surface area contributed by atoms with Crippen LogP contribution < -0.4 is 9.47 Å². The van der Waals surface area contributed by atoms with Crippen LogP contribution in [0, 0.1) is 6.92 Å². The minimum atomic E-state index is 0.440. The van der Waals surface area contributed by atoms with Crippen LogP contribution in [-0.4, -0.2) is 28.2 Å². The van der Waals surface area contributed by atoms with Gasteiger partial charge in [-0.2, -0.15) is 9.78 Å². The van der Waals surface area contributed by atoms with Gasteiger partial charge in [0.2, 0.25) is 5.16 Å². The molecule has 0 unspecified atom stereocenters. The number of halogens is 3. The Morgan fingerprint density at radius 2 is 1.83 bits per heavy atom. The molecule has 6 nitrogen and oxygen atoms in total. The van der Waals surface area contributed by atoms with Crippen LogP contribution in [0.3, 0.4) is 0 Å². The topological polar surface area (TPSA) is 61.5 Å². The Hall–Kier alpha value is -2.52. The van der Waals surface area contributed by atoms with E-state index in [1.165, 1.54) is 11.8 Å². The Morgan fingerprint density at radius 3 is 2.57 bits per heavy atom. The number of aromatic nitrogens is 3. The minimum Gasteiger partial charge on any atom is -0.493 e. The molecule has 0 fully saturated rings. The molecule has 0 N–H and O–H groups in total. The predicted molar refractivity (Wildman–Crippen MR) is 145 cm³/mol. The van der Waals surface area contributed by atoms with Crippen LogP contribution in [-0.2, 0) is 12.4 Å². The van der Waals surface area contributed by atoms with E-state index in [2.05, 4.69) is 31.2 Å². The first-order valence-electron chi connectivity index (χ1n) is 10.5. The van der Waals surface area contributed by atoms with Gasteiger partial charge in [-0.05, 0) is 66.1 Å². The quantitative estimate of drug-likeness (QED) is 0.150. The van der Waals surface area contributed by atoms with Crippen molar-refractivity contribution >= 4 is 57.1 Å². The predicted octanol–water partition coefficient (Wildman–Crippen LogP) is 7.42. The summed E-state index contributed by atoms with van der Waals surface area (Å²) in [4.78, 5) is 0. The lowest BCUT2D eigenvalue weighted by molar-refractivity contribution is 0.284. The number of thioether (sulfide) groups is 1. The molecule has 10 heteroatoms. The van der Waals surface area contributed by atoms with Gasteiger partial charge in [0.25, 0.3) is 0 Å². The van der Waals surface area contributed by atoms with Gasteiger partial charge in [-0.3, -0.25) is 0 Å². The van der Waals surface area contributed by atoms with Crippen LogP contribution in [0.5, 0.6) is 11.5 Å². The van der Waals surface area contributed by atoms with Crippen molar-refractivity contribution < 1.29 is 9.47 Å². The van der Waals surface area contributed by atoms with Gasteiger partial charge in [-0.15, -0.1) is 10.2 Å². The van der Waals surface area contributed by atoms with E-state index in [0.29, 0.717) is 44.9 Å². The number of benzene rings is 3. The van der Waals surface area contributed by atoms with E-state index in [0.717, 1.165) is 21.2 Å². The van der Waals surface area contributed by atoms with E-state index in [4.69, 9.17) is 32.7 Å². The molecule has 1 heterocycles. The van der Waals surface area contributed by atoms with Gasteiger partial charge >= 0.3 is 0 Å². The summed E-state index contributed by atoms with van der Waals surface area (Å²) in [5.41, 5.74) is 2.87. The smallest absolute Gasteiger partial charge is 0.212 e. The maximum Gasteiger partial charge on any atom is 0.212 e. The van der Waals surface area contributed by atoms with Crippen molar-refractivity contribution in [2.45, 2.75) is 24.4 Å². The number of hydrogen-bond donors (Lipinski definition) is 0. The number of nitrogens with zero attached hydrogens (tertiary/aromatic N) is 4. The van der Waals surface area contributed by atoms with Crippen molar-refractivity contribution in [3.8, 4) is 11.5 Å². The maximum absolute atomic E-state index is 6.29. The Kier molecular flexibility index (Phi) is 8.73. The monoisotopic (exact) mass is 590 g/mol. The highest BCUT2D eigenvalue weighted by molar-refractivity contribution is 9.10. The van der Waals surface area contributed by atoms with Gasteiger partial charge in [0.15, 0.2) is 17.3 Å². The molecular formula is C25H21BrCl2N4O2S. The molecule has 0 spiro atoms. The summed E-state index contributed by atoms with van der Waals surface area (Å²) in [5.74, 6) is 2.57. The minimum absolute atomic E-state index is 0.440. The highest BCUT2D eigenvalue weighted by atomic mass is 79.9. The van der Waals surface area contributed by atoms with Crippen LogP contribution in [0.1, 0.15) is 22.5 Å². The molecule has 180 valence electrons. The number of ether oxygens (including phenoxy) is 2. The first-order valence-corrected chi connectivity index (χ1v) is 13.0. The fourth-order valence-corrected chi connectivity index (χ4v) is 4.85. The molecule has 35 heavy (non-hydrogen) atoms. The van der Waals surface area contributed by atoms with Gasteiger partial charge in [0.1, 0.15) is 6.61 Å². The molecule has 4 aromatic rings. The zero-order chi connectivity index (χ0) is 24.8. The summed E-state index contributed by atoms with van der Waals surface area (Å²) in [6, 6.07) is 19.1. The zero-order valence-electron chi connectivity index (χ0n) is 18.9. The fourth-order valence-electron chi connectivity index (χ4n) is 3.09. The van der Waals surface area contributed by atoms with Crippen molar-refractivity contribution in [3.63, 3.8) is 0 Å². The first-order chi connectivity index (χ1) is 16.9. The standard InChI is InChI=1S/C25H21BrCl2N4O2S/c1-16-30-31-25(35-15-19-6-9-21(27)12-22(19)28)32(16)29-13-18-5-10-23(24(11-18)33-2)34-14-17-3-7-20(26)8-4-17/h3-13H,14-15H2,1-2H3/b29-13+. The third-order valence-corrected chi connectivity index (χ3v) is 7.04. The number of rotatable bonds is 9. The number of aryl methyl sites for hydroxylation is 1. The Bertz CT molecular complexity index is 1350. The van der Waals surface area contributed by atoms with Crippen molar-refractivity contribution in [2.24, 2.45) is 5.10 Å². The van der Waals surface area contributed by atoms with Gasteiger partial charge in [0, 0.05) is 20.3 Å². The average Bonchev–Trinajstić information content (AvgIpc) is 3.21. The van der Waals surface area contributed by atoms with Crippen LogP contribution in [0.2, 0.25) is 10.0 Å². The first kappa shape index (κ1) is 25.6. The third-order valence-electron chi connectivity index (χ3n) is 4.96. The highest BCUT2D eigenvalue weighted by Crippen LogP contribution is 2.30. The maximum atomic E-state index is 6.29. The normalized spacial score (nSPS) is 11.2. The second kappa shape index (κ2) is 11.9. The van der Waals surface area contributed by atoms with Gasteiger partial charge in [0.05, 0.1) is 13.3 Å². The molecule has 0 aliphatic heterocycles. The summed E-state index contributed by atoms with van der Waals surface area (Å²) >= 11 is 17.2. The summed E-state index contributed by atoms with van der Waals surface area (Å²) < 4.78 is 14.2. The van der Waals surface area contributed by atoms with E-state index in [1.807, 2.05) is 61.5 Å². The lowest BCUT2D eigenvalue weighted by Gasteiger charge is -2.11. The lowest BCUT2D eigenvalue weighted by atomic mass is 10.2. The summed E-state index contributed by atoms with van der Waals surface area (Å²) in [5, 5.41) is 14.9. The fraction of sp³-hybridized carbons (Fsp3) is 0.160. The molecule has 1 aromatic heterocycles. The molecule has 0 saturated carbocycles. The summed E-state index contributed by atoms with van der Waals surface area (Å²) in [6.07, 6.45) is 1.73. The molecule has 0 bridgehead atoms. The number of methoxy groups -OCH3 is 1. The molecule has 0 saturated heterocycles.